The molecule has 0 spiro atoms. The van der Waals surface area contributed by atoms with Gasteiger partial charge in [-0.1, -0.05) is 35.0 Å². The number of benzene rings is 2. The van der Waals surface area contributed by atoms with Crippen molar-refractivity contribution in [1.29, 1.82) is 0 Å². The molecule has 3 aromatic rings. The summed E-state index contributed by atoms with van der Waals surface area (Å²) in [6, 6.07) is 13.6. The monoisotopic (exact) mass is 379 g/mol. The molecule has 0 aliphatic carbocycles. The molecule has 28 heavy (non-hydrogen) atoms. The van der Waals surface area contributed by atoms with Gasteiger partial charge in [0.25, 0.3) is 5.56 Å². The van der Waals surface area contributed by atoms with Crippen molar-refractivity contribution < 1.29 is 4.74 Å². The Labute approximate surface area is 164 Å². The van der Waals surface area contributed by atoms with E-state index in [9.17, 15) is 4.79 Å². The van der Waals surface area contributed by atoms with Crippen molar-refractivity contribution in [3.05, 3.63) is 63.9 Å². The second kappa shape index (κ2) is 8.08. The molecule has 7 heteroatoms. The van der Waals surface area contributed by atoms with Gasteiger partial charge in [0.1, 0.15) is 11.3 Å². The van der Waals surface area contributed by atoms with Crippen LogP contribution in [0.2, 0.25) is 0 Å². The Morgan fingerprint density at radius 3 is 2.57 bits per heavy atom. The highest BCUT2D eigenvalue weighted by Gasteiger charge is 2.19. The first-order valence-corrected chi connectivity index (χ1v) is 9.55. The van der Waals surface area contributed by atoms with Crippen LogP contribution in [0.15, 0.2) is 47.3 Å². The lowest BCUT2D eigenvalue weighted by Gasteiger charge is -2.34. The number of methoxy groups -OCH3 is 1. The summed E-state index contributed by atoms with van der Waals surface area (Å²) in [5, 5.41) is 8.88. The van der Waals surface area contributed by atoms with E-state index >= 15 is 0 Å². The highest BCUT2D eigenvalue weighted by Crippen LogP contribution is 2.22. The summed E-state index contributed by atoms with van der Waals surface area (Å²) in [5.74, 6) is 0.936. The highest BCUT2D eigenvalue weighted by molar-refractivity contribution is 5.76. The molecular weight excluding hydrogens is 354 g/mol. The Morgan fingerprint density at radius 2 is 1.79 bits per heavy atom. The molecule has 146 valence electrons. The van der Waals surface area contributed by atoms with Crippen LogP contribution >= 0.6 is 0 Å². The lowest BCUT2D eigenvalue weighted by atomic mass is 10.1. The van der Waals surface area contributed by atoms with Crippen LogP contribution in [-0.2, 0) is 13.2 Å². The summed E-state index contributed by atoms with van der Waals surface area (Å²) < 4.78 is 6.96. The molecule has 2 aromatic carbocycles. The van der Waals surface area contributed by atoms with Crippen molar-refractivity contribution in [2.24, 2.45) is 0 Å². The van der Waals surface area contributed by atoms with E-state index in [1.807, 2.05) is 24.3 Å². The number of hydrogen-bond acceptors (Lipinski definition) is 6. The van der Waals surface area contributed by atoms with Crippen LogP contribution in [0, 0.1) is 6.92 Å². The van der Waals surface area contributed by atoms with E-state index in [4.69, 9.17) is 4.74 Å². The van der Waals surface area contributed by atoms with E-state index in [2.05, 4.69) is 39.2 Å². The van der Waals surface area contributed by atoms with E-state index in [-0.39, 0.29) is 5.56 Å². The lowest BCUT2D eigenvalue weighted by molar-refractivity contribution is 0.0956. The van der Waals surface area contributed by atoms with Gasteiger partial charge in [0, 0.05) is 38.3 Å². The summed E-state index contributed by atoms with van der Waals surface area (Å²) in [5.41, 5.74) is 3.01. The molecule has 0 amide bonds. The molecule has 4 rings (SSSR count). The summed E-state index contributed by atoms with van der Waals surface area (Å²) in [7, 11) is 1.72. The average molecular weight is 379 g/mol. The predicted molar refractivity (Wildman–Crippen MR) is 108 cm³/mol. The fraction of sp³-hybridized carbons (Fsp3) is 0.381. The summed E-state index contributed by atoms with van der Waals surface area (Å²) in [6.07, 6.45) is 0. The van der Waals surface area contributed by atoms with Gasteiger partial charge >= 0.3 is 0 Å². The van der Waals surface area contributed by atoms with Crippen LogP contribution in [0.5, 0.6) is 5.75 Å². The normalized spacial score (nSPS) is 15.8. The zero-order valence-corrected chi connectivity index (χ0v) is 16.3. The minimum atomic E-state index is -0.0856. The Morgan fingerprint density at radius 1 is 1.04 bits per heavy atom. The van der Waals surface area contributed by atoms with Crippen LogP contribution in [0.4, 0.5) is 0 Å². The number of rotatable bonds is 5. The Balaban J connectivity index is 1.39. The van der Waals surface area contributed by atoms with Gasteiger partial charge in [0.15, 0.2) is 0 Å². The third-order valence-electron chi connectivity index (χ3n) is 5.26. The number of aromatic nitrogens is 3. The predicted octanol–water partition coefficient (Wildman–Crippen LogP) is 1.88. The molecule has 1 fully saturated rings. The molecule has 0 atom stereocenters. The van der Waals surface area contributed by atoms with Crippen LogP contribution in [0.1, 0.15) is 11.1 Å². The standard InChI is InChI=1S/C21H25N5O2/c1-16-7-8-20(28-2)17(13-16)14-24-9-11-25(12-10-24)15-26-21(27)18-5-3-4-6-19(18)22-23-26/h3-8,13H,9-12,14-15H2,1-2H3. The Kier molecular flexibility index (Phi) is 5.36. The van der Waals surface area contributed by atoms with Gasteiger partial charge in [-0.2, -0.15) is 4.68 Å². The molecule has 1 saturated heterocycles. The van der Waals surface area contributed by atoms with Crippen LogP contribution in [0.25, 0.3) is 10.9 Å². The minimum absolute atomic E-state index is 0.0856. The molecule has 0 unspecified atom stereocenters. The van der Waals surface area contributed by atoms with Gasteiger partial charge < -0.3 is 4.74 Å². The molecule has 1 aromatic heterocycles. The molecule has 0 saturated carbocycles. The number of aryl methyl sites for hydroxylation is 1. The maximum absolute atomic E-state index is 12.6. The van der Waals surface area contributed by atoms with Gasteiger partial charge in [0.2, 0.25) is 0 Å². The fourth-order valence-electron chi connectivity index (χ4n) is 3.67. The largest absolute Gasteiger partial charge is 0.496 e. The number of fused-ring (bicyclic) bond motifs is 1. The quantitative estimate of drug-likeness (QED) is 0.675. The van der Waals surface area contributed by atoms with Crippen molar-refractivity contribution >= 4 is 10.9 Å². The second-order valence-corrected chi connectivity index (χ2v) is 7.26. The molecule has 1 aliphatic rings. The van der Waals surface area contributed by atoms with Crippen molar-refractivity contribution in [3.63, 3.8) is 0 Å². The number of nitrogens with zero attached hydrogens (tertiary/aromatic N) is 5. The number of ether oxygens (including phenoxy) is 1. The van der Waals surface area contributed by atoms with E-state index in [1.165, 1.54) is 15.8 Å². The summed E-state index contributed by atoms with van der Waals surface area (Å²) >= 11 is 0. The van der Waals surface area contributed by atoms with Crippen molar-refractivity contribution in [1.82, 2.24) is 24.8 Å². The third kappa shape index (κ3) is 3.90. The van der Waals surface area contributed by atoms with Gasteiger partial charge in [0.05, 0.1) is 19.2 Å². The summed E-state index contributed by atoms with van der Waals surface area (Å²) in [4.78, 5) is 17.3. The summed E-state index contributed by atoms with van der Waals surface area (Å²) in [6.45, 7) is 7.08. The molecule has 0 N–H and O–H groups in total. The van der Waals surface area contributed by atoms with Crippen LogP contribution < -0.4 is 10.3 Å². The molecule has 2 heterocycles. The van der Waals surface area contributed by atoms with Gasteiger partial charge in [-0.25, -0.2) is 0 Å². The molecule has 0 radical (unpaired) electrons. The Bertz CT molecular complexity index is 1020. The zero-order chi connectivity index (χ0) is 19.5. The van der Waals surface area contributed by atoms with Gasteiger partial charge in [-0.05, 0) is 25.1 Å². The van der Waals surface area contributed by atoms with Gasteiger partial charge in [-0.3, -0.25) is 14.6 Å². The Hall–Kier alpha value is -2.77. The van der Waals surface area contributed by atoms with Crippen molar-refractivity contribution in [2.75, 3.05) is 33.3 Å². The van der Waals surface area contributed by atoms with E-state index in [0.29, 0.717) is 17.6 Å². The second-order valence-electron chi connectivity index (χ2n) is 7.26. The van der Waals surface area contributed by atoms with E-state index in [1.54, 1.807) is 13.2 Å². The average Bonchev–Trinajstić information content (AvgIpc) is 2.72. The van der Waals surface area contributed by atoms with E-state index in [0.717, 1.165) is 38.5 Å². The molecular formula is C21H25N5O2. The number of piperazine rings is 1. The van der Waals surface area contributed by atoms with Gasteiger partial charge in [-0.15, -0.1) is 5.10 Å². The zero-order valence-electron chi connectivity index (χ0n) is 16.3. The first-order chi connectivity index (χ1) is 13.6. The minimum Gasteiger partial charge on any atom is -0.496 e. The number of hydrogen-bond donors (Lipinski definition) is 0. The van der Waals surface area contributed by atoms with Crippen LogP contribution in [0.3, 0.4) is 0 Å². The first-order valence-electron chi connectivity index (χ1n) is 9.55. The van der Waals surface area contributed by atoms with Crippen molar-refractivity contribution in [3.8, 4) is 5.75 Å². The third-order valence-corrected chi connectivity index (χ3v) is 5.26. The van der Waals surface area contributed by atoms with Crippen molar-refractivity contribution in [2.45, 2.75) is 20.1 Å². The highest BCUT2D eigenvalue weighted by atomic mass is 16.5. The first kappa shape index (κ1) is 18.6. The molecule has 1 aliphatic heterocycles. The SMILES string of the molecule is COc1ccc(C)cc1CN1CCN(Cn2nnc3ccccc3c2=O)CC1. The smallest absolute Gasteiger partial charge is 0.278 e. The topological polar surface area (TPSA) is 63.5 Å². The lowest BCUT2D eigenvalue weighted by Crippen LogP contribution is -2.47. The fourth-order valence-corrected chi connectivity index (χ4v) is 3.67. The maximum Gasteiger partial charge on any atom is 0.278 e. The van der Waals surface area contributed by atoms with E-state index < -0.39 is 0 Å². The maximum atomic E-state index is 12.6. The van der Waals surface area contributed by atoms with Crippen LogP contribution in [-0.4, -0.2) is 58.1 Å². The molecule has 0 bridgehead atoms. The molecule has 7 nitrogen and oxygen atoms in total.